The first-order valence-corrected chi connectivity index (χ1v) is 6.39. The van der Waals surface area contributed by atoms with Gasteiger partial charge in [0.25, 0.3) is 0 Å². The van der Waals surface area contributed by atoms with Gasteiger partial charge in [-0.2, -0.15) is 0 Å². The highest BCUT2D eigenvalue weighted by Gasteiger charge is 2.29. The fraction of sp³-hybridized carbons (Fsp3) is 0.500. The molecule has 1 saturated heterocycles. The number of piperidine rings is 1. The number of nitrogens with one attached hydrogen (secondary N) is 1. The molecule has 4 nitrogen and oxygen atoms in total. The Hall–Kier alpha value is -1.55. The first-order chi connectivity index (χ1) is 8.72. The summed E-state index contributed by atoms with van der Waals surface area (Å²) in [5.41, 5.74) is 6.50. The Kier molecular flexibility index (Phi) is 4.20. The van der Waals surface area contributed by atoms with E-state index in [1.54, 1.807) is 7.11 Å². The van der Waals surface area contributed by atoms with Gasteiger partial charge in [-0.05, 0) is 37.1 Å². The highest BCUT2D eigenvalue weighted by Crippen LogP contribution is 2.27. The smallest absolute Gasteiger partial charge is 0.226 e. The topological polar surface area (TPSA) is 64.3 Å². The fourth-order valence-electron chi connectivity index (χ4n) is 2.59. The summed E-state index contributed by atoms with van der Waals surface area (Å²) in [5.74, 6) is 0.206. The van der Waals surface area contributed by atoms with Gasteiger partial charge in [-0.3, -0.25) is 4.79 Å². The van der Waals surface area contributed by atoms with Crippen LogP contribution < -0.4 is 15.8 Å². The van der Waals surface area contributed by atoms with Crippen LogP contribution in [0.1, 0.15) is 30.7 Å². The average molecular weight is 248 g/mol. The molecule has 1 aliphatic heterocycles. The summed E-state index contributed by atoms with van der Waals surface area (Å²) in [5, 5.41) is 3.39. The number of methoxy groups -OCH3 is 1. The quantitative estimate of drug-likeness (QED) is 0.846. The van der Waals surface area contributed by atoms with Crippen molar-refractivity contribution < 1.29 is 9.53 Å². The molecule has 1 fully saturated rings. The van der Waals surface area contributed by atoms with Crippen molar-refractivity contribution in [2.75, 3.05) is 13.7 Å². The van der Waals surface area contributed by atoms with Crippen molar-refractivity contribution in [3.63, 3.8) is 0 Å². The summed E-state index contributed by atoms with van der Waals surface area (Å²) in [6, 6.07) is 7.74. The van der Waals surface area contributed by atoms with Gasteiger partial charge in [0.1, 0.15) is 5.75 Å². The molecule has 0 saturated carbocycles. The van der Waals surface area contributed by atoms with Crippen molar-refractivity contribution in [1.82, 2.24) is 5.32 Å². The standard InChI is InChI=1S/C14H20N2O2/c1-18-11-6-4-5-10(9-11)13(14(15)17)12-7-2-3-8-16-12/h4-6,9,12-13,16H,2-3,7-8H2,1H3,(H2,15,17)/t12-,13+/m1/s1. The molecule has 0 radical (unpaired) electrons. The van der Waals surface area contributed by atoms with E-state index in [-0.39, 0.29) is 17.9 Å². The van der Waals surface area contributed by atoms with E-state index in [0.29, 0.717) is 0 Å². The van der Waals surface area contributed by atoms with Crippen molar-refractivity contribution in [3.8, 4) is 5.75 Å². The Morgan fingerprint density at radius 1 is 1.50 bits per heavy atom. The summed E-state index contributed by atoms with van der Waals surface area (Å²) in [6.07, 6.45) is 3.30. The molecule has 4 heteroatoms. The summed E-state index contributed by atoms with van der Waals surface area (Å²) in [6.45, 7) is 0.957. The van der Waals surface area contributed by atoms with Crippen molar-refractivity contribution in [3.05, 3.63) is 29.8 Å². The van der Waals surface area contributed by atoms with Crippen LogP contribution in [0.25, 0.3) is 0 Å². The number of hydrogen-bond donors (Lipinski definition) is 2. The number of carbonyl (C=O) groups excluding carboxylic acids is 1. The minimum absolute atomic E-state index is 0.142. The lowest BCUT2D eigenvalue weighted by atomic mass is 9.86. The number of hydrogen-bond acceptors (Lipinski definition) is 3. The van der Waals surface area contributed by atoms with E-state index >= 15 is 0 Å². The lowest BCUT2D eigenvalue weighted by Gasteiger charge is -2.29. The van der Waals surface area contributed by atoms with E-state index in [0.717, 1.165) is 30.7 Å². The molecule has 0 bridgehead atoms. The second kappa shape index (κ2) is 5.87. The summed E-state index contributed by atoms with van der Waals surface area (Å²) in [4.78, 5) is 11.7. The number of primary amides is 1. The Morgan fingerprint density at radius 3 is 2.94 bits per heavy atom. The summed E-state index contributed by atoms with van der Waals surface area (Å²) >= 11 is 0. The largest absolute Gasteiger partial charge is 0.497 e. The number of ether oxygens (including phenoxy) is 1. The van der Waals surface area contributed by atoms with Crippen LogP contribution in [0, 0.1) is 0 Å². The maximum atomic E-state index is 11.7. The molecule has 2 atom stereocenters. The number of amides is 1. The van der Waals surface area contributed by atoms with Gasteiger partial charge in [-0.15, -0.1) is 0 Å². The molecule has 1 amide bonds. The molecule has 0 spiro atoms. The van der Waals surface area contributed by atoms with Gasteiger partial charge in [0.2, 0.25) is 5.91 Å². The van der Waals surface area contributed by atoms with Crippen LogP contribution in [-0.4, -0.2) is 25.6 Å². The number of nitrogens with two attached hydrogens (primary N) is 1. The third kappa shape index (κ3) is 2.82. The maximum absolute atomic E-state index is 11.7. The van der Waals surface area contributed by atoms with Gasteiger partial charge < -0.3 is 15.8 Å². The molecule has 98 valence electrons. The minimum atomic E-state index is -0.277. The Balaban J connectivity index is 2.25. The van der Waals surface area contributed by atoms with Crippen LogP contribution >= 0.6 is 0 Å². The molecule has 0 unspecified atom stereocenters. The second-order valence-corrected chi connectivity index (χ2v) is 4.71. The minimum Gasteiger partial charge on any atom is -0.497 e. The first-order valence-electron chi connectivity index (χ1n) is 6.39. The van der Waals surface area contributed by atoms with Crippen LogP contribution in [0.15, 0.2) is 24.3 Å². The van der Waals surface area contributed by atoms with Crippen LogP contribution in [0.4, 0.5) is 0 Å². The second-order valence-electron chi connectivity index (χ2n) is 4.71. The van der Waals surface area contributed by atoms with Gasteiger partial charge in [-0.25, -0.2) is 0 Å². The van der Waals surface area contributed by atoms with Gasteiger partial charge >= 0.3 is 0 Å². The van der Waals surface area contributed by atoms with E-state index in [9.17, 15) is 4.79 Å². The molecule has 0 aromatic heterocycles. The van der Waals surface area contributed by atoms with Gasteiger partial charge in [0.15, 0.2) is 0 Å². The molecular formula is C14H20N2O2. The maximum Gasteiger partial charge on any atom is 0.226 e. The zero-order valence-electron chi connectivity index (χ0n) is 10.7. The van der Waals surface area contributed by atoms with Gasteiger partial charge in [0.05, 0.1) is 13.0 Å². The molecule has 1 aromatic rings. The number of benzene rings is 1. The van der Waals surface area contributed by atoms with Crippen LogP contribution in [0.2, 0.25) is 0 Å². The molecule has 3 N–H and O–H groups in total. The predicted octanol–water partition coefficient (Wildman–Crippen LogP) is 1.41. The Morgan fingerprint density at radius 2 is 2.33 bits per heavy atom. The zero-order valence-corrected chi connectivity index (χ0v) is 10.7. The normalized spacial score (nSPS) is 21.3. The molecule has 1 heterocycles. The van der Waals surface area contributed by atoms with Gasteiger partial charge in [-0.1, -0.05) is 18.6 Å². The molecule has 0 aliphatic carbocycles. The van der Waals surface area contributed by atoms with Crippen LogP contribution in [0.3, 0.4) is 0 Å². The third-order valence-electron chi connectivity index (χ3n) is 3.51. The fourth-order valence-corrected chi connectivity index (χ4v) is 2.59. The highest BCUT2D eigenvalue weighted by molar-refractivity contribution is 5.83. The zero-order chi connectivity index (χ0) is 13.0. The van der Waals surface area contributed by atoms with Crippen molar-refractivity contribution in [2.24, 2.45) is 5.73 Å². The SMILES string of the molecule is COc1cccc([C@H](C(N)=O)[C@H]2CCCCN2)c1. The van der Waals surface area contributed by atoms with E-state index in [1.165, 1.54) is 6.42 Å². The summed E-state index contributed by atoms with van der Waals surface area (Å²) < 4.78 is 5.20. The molecule has 1 aliphatic rings. The van der Waals surface area contributed by atoms with Gasteiger partial charge in [0, 0.05) is 6.04 Å². The van der Waals surface area contributed by atoms with Crippen molar-refractivity contribution in [1.29, 1.82) is 0 Å². The summed E-state index contributed by atoms with van der Waals surface area (Å²) in [7, 11) is 1.62. The Labute approximate surface area is 108 Å². The lowest BCUT2D eigenvalue weighted by Crippen LogP contribution is -2.43. The third-order valence-corrected chi connectivity index (χ3v) is 3.51. The molecule has 2 rings (SSSR count). The predicted molar refractivity (Wildman–Crippen MR) is 70.6 cm³/mol. The van der Waals surface area contributed by atoms with Crippen molar-refractivity contribution >= 4 is 5.91 Å². The van der Waals surface area contributed by atoms with E-state index in [1.807, 2.05) is 24.3 Å². The van der Waals surface area contributed by atoms with E-state index < -0.39 is 0 Å². The van der Waals surface area contributed by atoms with E-state index in [2.05, 4.69) is 5.32 Å². The number of carbonyl (C=O) groups is 1. The van der Waals surface area contributed by atoms with Crippen molar-refractivity contribution in [2.45, 2.75) is 31.2 Å². The Bertz CT molecular complexity index is 414. The lowest BCUT2D eigenvalue weighted by molar-refractivity contribution is -0.120. The van der Waals surface area contributed by atoms with E-state index in [4.69, 9.17) is 10.5 Å². The average Bonchev–Trinajstić information content (AvgIpc) is 2.40. The monoisotopic (exact) mass is 248 g/mol. The highest BCUT2D eigenvalue weighted by atomic mass is 16.5. The molecule has 1 aromatic carbocycles. The van der Waals surface area contributed by atoms with Crippen LogP contribution in [0.5, 0.6) is 5.75 Å². The van der Waals surface area contributed by atoms with Crippen LogP contribution in [-0.2, 0) is 4.79 Å². The molecular weight excluding hydrogens is 228 g/mol. The molecule has 18 heavy (non-hydrogen) atoms. The first kappa shape index (κ1) is 12.9. The number of rotatable bonds is 4.